The van der Waals surface area contributed by atoms with Crippen molar-refractivity contribution in [3.8, 4) is 0 Å². The van der Waals surface area contributed by atoms with Crippen LogP contribution in [0.15, 0.2) is 42.5 Å². The van der Waals surface area contributed by atoms with Gasteiger partial charge in [0.2, 0.25) is 0 Å². The zero-order chi connectivity index (χ0) is 19.6. The van der Waals surface area contributed by atoms with Gasteiger partial charge in [-0.3, -0.25) is 4.68 Å². The second-order valence-electron chi connectivity index (χ2n) is 6.00. The molecule has 2 N–H and O–H groups in total. The summed E-state index contributed by atoms with van der Waals surface area (Å²) in [6.45, 7) is 4.30. The maximum atomic E-state index is 13.8. The molecule has 0 fully saturated rings. The lowest BCUT2D eigenvalue weighted by atomic mass is 10.2. The van der Waals surface area contributed by atoms with Crippen molar-refractivity contribution in [1.82, 2.24) is 9.78 Å². The number of aromatic nitrogens is 2. The second kappa shape index (κ2) is 8.25. The third kappa shape index (κ3) is 4.58. The first kappa shape index (κ1) is 19.6. The molecule has 0 saturated heterocycles. The molecule has 3 aromatic rings. The number of aryl methyl sites for hydroxylation is 1. The van der Waals surface area contributed by atoms with Crippen LogP contribution in [0.3, 0.4) is 0 Å². The number of hydrogen-bond acceptors (Lipinski definition) is 2. The summed E-state index contributed by atoms with van der Waals surface area (Å²) in [5.74, 6) is -0.372. The van der Waals surface area contributed by atoms with Crippen molar-refractivity contribution >= 4 is 51.9 Å². The lowest BCUT2D eigenvalue weighted by Gasteiger charge is -2.12. The van der Waals surface area contributed by atoms with Crippen LogP contribution >= 0.6 is 35.4 Å². The Labute approximate surface area is 172 Å². The molecule has 0 saturated carbocycles. The zero-order valence-electron chi connectivity index (χ0n) is 14.7. The minimum atomic E-state index is -0.372. The maximum absolute atomic E-state index is 13.8. The molecule has 2 aromatic carbocycles. The number of benzene rings is 2. The highest BCUT2D eigenvalue weighted by Crippen LogP contribution is 2.25. The standard InChI is InChI=1S/C19H17Cl2FN4S/c1-11-18(24-19(27)23-17-6-4-3-5-16(17)22)12(2)26(25-11)10-13-7-8-14(20)9-15(13)21/h3-9H,10H2,1-2H3,(H2,23,24,27). The number of nitrogens with zero attached hydrogens (tertiary/aromatic N) is 2. The molecule has 3 rings (SSSR count). The number of hydrogen-bond donors (Lipinski definition) is 2. The molecule has 4 nitrogen and oxygen atoms in total. The van der Waals surface area contributed by atoms with Crippen LogP contribution in [0.2, 0.25) is 10.0 Å². The van der Waals surface area contributed by atoms with Gasteiger partial charge in [-0.2, -0.15) is 5.10 Å². The van der Waals surface area contributed by atoms with E-state index in [1.54, 1.807) is 30.3 Å². The second-order valence-corrected chi connectivity index (χ2v) is 7.25. The predicted molar refractivity (Wildman–Crippen MR) is 114 cm³/mol. The molecule has 0 aliphatic rings. The third-order valence-corrected chi connectivity index (χ3v) is 4.87. The minimum absolute atomic E-state index is 0.287. The molecule has 0 radical (unpaired) electrons. The van der Waals surface area contributed by atoms with E-state index < -0.39 is 0 Å². The average Bonchev–Trinajstić information content (AvgIpc) is 2.87. The summed E-state index contributed by atoms with van der Waals surface area (Å²) < 4.78 is 15.6. The van der Waals surface area contributed by atoms with Crippen molar-refractivity contribution < 1.29 is 4.39 Å². The molecule has 0 bridgehead atoms. The Kier molecular flexibility index (Phi) is 5.99. The van der Waals surface area contributed by atoms with Gasteiger partial charge in [-0.05, 0) is 55.9 Å². The smallest absolute Gasteiger partial charge is 0.175 e. The molecule has 27 heavy (non-hydrogen) atoms. The minimum Gasteiger partial charge on any atom is -0.330 e. The molecule has 0 spiro atoms. The van der Waals surface area contributed by atoms with Gasteiger partial charge in [-0.15, -0.1) is 0 Å². The van der Waals surface area contributed by atoms with E-state index in [0.717, 1.165) is 22.6 Å². The Morgan fingerprint density at radius 3 is 2.59 bits per heavy atom. The number of thiocarbonyl (C=S) groups is 1. The van der Waals surface area contributed by atoms with Gasteiger partial charge in [0.05, 0.1) is 29.3 Å². The number of halogens is 3. The molecular weight excluding hydrogens is 406 g/mol. The molecule has 1 heterocycles. The largest absolute Gasteiger partial charge is 0.330 e. The topological polar surface area (TPSA) is 41.9 Å². The first-order chi connectivity index (χ1) is 12.8. The van der Waals surface area contributed by atoms with Gasteiger partial charge in [-0.25, -0.2) is 4.39 Å². The van der Waals surface area contributed by atoms with Crippen LogP contribution in [0.25, 0.3) is 0 Å². The molecule has 1 aromatic heterocycles. The van der Waals surface area contributed by atoms with Gasteiger partial charge in [0, 0.05) is 10.0 Å². The SMILES string of the molecule is Cc1nn(Cc2ccc(Cl)cc2Cl)c(C)c1NC(=S)Nc1ccccc1F. The Bertz CT molecular complexity index is 1000. The van der Waals surface area contributed by atoms with E-state index in [1.165, 1.54) is 6.07 Å². The van der Waals surface area contributed by atoms with E-state index in [2.05, 4.69) is 15.7 Å². The van der Waals surface area contributed by atoms with Gasteiger partial charge in [-0.1, -0.05) is 41.4 Å². The number of anilines is 2. The summed E-state index contributed by atoms with van der Waals surface area (Å²) >= 11 is 17.5. The van der Waals surface area contributed by atoms with Crippen LogP contribution in [0.4, 0.5) is 15.8 Å². The van der Waals surface area contributed by atoms with Gasteiger partial charge in [0.25, 0.3) is 0 Å². The van der Waals surface area contributed by atoms with Gasteiger partial charge >= 0.3 is 0 Å². The Hall–Kier alpha value is -2.15. The van der Waals surface area contributed by atoms with Crippen LogP contribution in [0.5, 0.6) is 0 Å². The lowest BCUT2D eigenvalue weighted by Crippen LogP contribution is -2.20. The highest BCUT2D eigenvalue weighted by Gasteiger charge is 2.14. The Morgan fingerprint density at radius 1 is 1.15 bits per heavy atom. The first-order valence-electron chi connectivity index (χ1n) is 8.15. The van der Waals surface area contributed by atoms with E-state index in [0.29, 0.717) is 22.3 Å². The van der Waals surface area contributed by atoms with E-state index in [4.69, 9.17) is 35.4 Å². The fraction of sp³-hybridized carbons (Fsp3) is 0.158. The summed E-state index contributed by atoms with van der Waals surface area (Å²) in [4.78, 5) is 0. The Balaban J connectivity index is 1.77. The van der Waals surface area contributed by atoms with Crippen LogP contribution in [0, 0.1) is 19.7 Å². The first-order valence-corrected chi connectivity index (χ1v) is 9.32. The number of rotatable bonds is 4. The predicted octanol–water partition coefficient (Wildman–Crippen LogP) is 5.80. The average molecular weight is 423 g/mol. The van der Waals surface area contributed by atoms with Crippen molar-refractivity contribution in [3.63, 3.8) is 0 Å². The summed E-state index contributed by atoms with van der Waals surface area (Å²) in [7, 11) is 0. The molecule has 8 heteroatoms. The highest BCUT2D eigenvalue weighted by atomic mass is 35.5. The molecular formula is C19H17Cl2FN4S. The molecule has 0 aliphatic heterocycles. The van der Waals surface area contributed by atoms with Crippen LogP contribution in [-0.4, -0.2) is 14.9 Å². The van der Waals surface area contributed by atoms with Gasteiger partial charge < -0.3 is 10.6 Å². The van der Waals surface area contributed by atoms with Crippen molar-refractivity contribution in [3.05, 3.63) is 75.3 Å². The summed E-state index contributed by atoms with van der Waals surface area (Å²) in [5.41, 5.74) is 3.65. The van der Waals surface area contributed by atoms with E-state index in [9.17, 15) is 4.39 Å². The molecule has 0 amide bonds. The van der Waals surface area contributed by atoms with E-state index in [-0.39, 0.29) is 10.9 Å². The molecule has 0 atom stereocenters. The maximum Gasteiger partial charge on any atom is 0.175 e. The van der Waals surface area contributed by atoms with Gasteiger partial charge in [0.15, 0.2) is 5.11 Å². The van der Waals surface area contributed by atoms with Crippen molar-refractivity contribution in [1.29, 1.82) is 0 Å². The van der Waals surface area contributed by atoms with Crippen molar-refractivity contribution in [2.24, 2.45) is 0 Å². The summed E-state index contributed by atoms with van der Waals surface area (Å²) in [6.07, 6.45) is 0. The summed E-state index contributed by atoms with van der Waals surface area (Å²) in [5, 5.41) is 12.0. The monoisotopic (exact) mass is 422 g/mol. The van der Waals surface area contributed by atoms with Crippen LogP contribution < -0.4 is 10.6 Å². The van der Waals surface area contributed by atoms with E-state index in [1.807, 2.05) is 24.6 Å². The zero-order valence-corrected chi connectivity index (χ0v) is 17.0. The molecule has 0 aliphatic carbocycles. The molecule has 140 valence electrons. The normalized spacial score (nSPS) is 10.7. The highest BCUT2D eigenvalue weighted by molar-refractivity contribution is 7.80. The van der Waals surface area contributed by atoms with E-state index >= 15 is 0 Å². The summed E-state index contributed by atoms with van der Waals surface area (Å²) in [6, 6.07) is 11.7. The fourth-order valence-corrected chi connectivity index (χ4v) is 3.35. The lowest BCUT2D eigenvalue weighted by molar-refractivity contribution is 0.632. The number of para-hydroxylation sites is 1. The van der Waals surface area contributed by atoms with Crippen molar-refractivity contribution in [2.75, 3.05) is 10.6 Å². The third-order valence-electron chi connectivity index (χ3n) is 4.08. The van der Waals surface area contributed by atoms with Crippen LogP contribution in [-0.2, 0) is 6.54 Å². The quantitative estimate of drug-likeness (QED) is 0.521. The van der Waals surface area contributed by atoms with Crippen molar-refractivity contribution in [2.45, 2.75) is 20.4 Å². The van der Waals surface area contributed by atoms with Crippen LogP contribution in [0.1, 0.15) is 17.0 Å². The fourth-order valence-electron chi connectivity index (χ4n) is 2.67. The molecule has 0 unspecified atom stereocenters. The van der Waals surface area contributed by atoms with Gasteiger partial charge in [0.1, 0.15) is 5.82 Å². The Morgan fingerprint density at radius 2 is 1.89 bits per heavy atom. The number of nitrogens with one attached hydrogen (secondary N) is 2.